The van der Waals surface area contributed by atoms with Crippen LogP contribution < -0.4 is 11.1 Å². The molecule has 116 valence electrons. The van der Waals surface area contributed by atoms with Crippen molar-refractivity contribution in [3.05, 3.63) is 35.9 Å². The molecule has 1 aromatic carbocycles. The monoisotopic (exact) mass is 310 g/mol. The van der Waals surface area contributed by atoms with E-state index in [-0.39, 0.29) is 30.5 Å². The minimum Gasteiger partial charge on any atom is -0.364 e. The zero-order valence-corrected chi connectivity index (χ0v) is 12.9. The normalized spacial score (nSPS) is 30.5. The van der Waals surface area contributed by atoms with Gasteiger partial charge in [0.05, 0.1) is 6.10 Å². The van der Waals surface area contributed by atoms with E-state index in [1.165, 1.54) is 5.56 Å². The Morgan fingerprint density at radius 1 is 1.29 bits per heavy atom. The SMILES string of the molecule is Cl.NC[C@H]1CC[C@@H](C(=O)NC2CC2Cc2ccccc2)O1. The highest BCUT2D eigenvalue weighted by atomic mass is 35.5. The van der Waals surface area contributed by atoms with Crippen molar-refractivity contribution in [3.8, 4) is 0 Å². The highest BCUT2D eigenvalue weighted by molar-refractivity contribution is 5.85. The van der Waals surface area contributed by atoms with Gasteiger partial charge in [-0.05, 0) is 37.2 Å². The van der Waals surface area contributed by atoms with E-state index in [0.29, 0.717) is 18.5 Å². The molecule has 1 amide bonds. The molecule has 1 heterocycles. The molecule has 5 heteroatoms. The number of amides is 1. The molecule has 2 unspecified atom stereocenters. The van der Waals surface area contributed by atoms with Crippen molar-refractivity contribution in [1.29, 1.82) is 0 Å². The number of nitrogens with two attached hydrogens (primary N) is 1. The number of ether oxygens (including phenoxy) is 1. The minimum atomic E-state index is -0.290. The Morgan fingerprint density at radius 2 is 2.05 bits per heavy atom. The number of hydrogen-bond donors (Lipinski definition) is 2. The van der Waals surface area contributed by atoms with E-state index in [1.807, 2.05) is 6.07 Å². The minimum absolute atomic E-state index is 0. The van der Waals surface area contributed by atoms with Crippen molar-refractivity contribution in [2.24, 2.45) is 11.7 Å². The van der Waals surface area contributed by atoms with Crippen molar-refractivity contribution < 1.29 is 9.53 Å². The van der Waals surface area contributed by atoms with Crippen LogP contribution in [0, 0.1) is 5.92 Å². The molecular weight excluding hydrogens is 288 g/mol. The Kier molecular flexibility index (Phi) is 5.62. The summed E-state index contributed by atoms with van der Waals surface area (Å²) in [5, 5.41) is 3.11. The molecule has 1 aromatic rings. The highest BCUT2D eigenvalue weighted by Crippen LogP contribution is 2.34. The van der Waals surface area contributed by atoms with E-state index >= 15 is 0 Å². The van der Waals surface area contributed by atoms with E-state index < -0.39 is 0 Å². The van der Waals surface area contributed by atoms with Crippen LogP contribution in [0.15, 0.2) is 30.3 Å². The fourth-order valence-corrected chi connectivity index (χ4v) is 2.91. The van der Waals surface area contributed by atoms with Gasteiger partial charge < -0.3 is 15.8 Å². The Bertz CT molecular complexity index is 469. The summed E-state index contributed by atoms with van der Waals surface area (Å²) in [6, 6.07) is 10.8. The lowest BCUT2D eigenvalue weighted by Crippen LogP contribution is -2.37. The molecule has 2 aliphatic rings. The van der Waals surface area contributed by atoms with Crippen LogP contribution >= 0.6 is 12.4 Å². The second kappa shape index (κ2) is 7.25. The van der Waals surface area contributed by atoms with Gasteiger partial charge in [0.2, 0.25) is 5.91 Å². The molecule has 1 saturated carbocycles. The average Bonchev–Trinajstić information content (AvgIpc) is 3.02. The molecule has 3 rings (SSSR count). The van der Waals surface area contributed by atoms with E-state index in [0.717, 1.165) is 25.7 Å². The molecule has 1 aliphatic heterocycles. The molecule has 0 radical (unpaired) electrons. The van der Waals surface area contributed by atoms with E-state index in [2.05, 4.69) is 29.6 Å². The molecular formula is C16H23ClN2O2. The third-order valence-corrected chi connectivity index (χ3v) is 4.25. The average molecular weight is 311 g/mol. The molecule has 21 heavy (non-hydrogen) atoms. The van der Waals surface area contributed by atoms with Gasteiger partial charge in [0, 0.05) is 12.6 Å². The molecule has 4 atom stereocenters. The van der Waals surface area contributed by atoms with Gasteiger partial charge in [0.25, 0.3) is 0 Å². The van der Waals surface area contributed by atoms with Crippen molar-refractivity contribution in [1.82, 2.24) is 5.32 Å². The van der Waals surface area contributed by atoms with Gasteiger partial charge in [-0.1, -0.05) is 30.3 Å². The van der Waals surface area contributed by atoms with E-state index in [4.69, 9.17) is 10.5 Å². The Hall–Kier alpha value is -1.10. The maximum atomic E-state index is 12.1. The second-order valence-corrected chi connectivity index (χ2v) is 5.86. The summed E-state index contributed by atoms with van der Waals surface area (Å²) in [5.41, 5.74) is 6.90. The number of halogens is 1. The summed E-state index contributed by atoms with van der Waals surface area (Å²) in [6.45, 7) is 0.504. The van der Waals surface area contributed by atoms with Gasteiger partial charge in [-0.25, -0.2) is 0 Å². The lowest BCUT2D eigenvalue weighted by atomic mass is 10.1. The fraction of sp³-hybridized carbons (Fsp3) is 0.562. The van der Waals surface area contributed by atoms with Crippen molar-refractivity contribution in [2.75, 3.05) is 6.54 Å². The smallest absolute Gasteiger partial charge is 0.249 e. The van der Waals surface area contributed by atoms with Gasteiger partial charge in [-0.3, -0.25) is 4.79 Å². The first-order valence-corrected chi connectivity index (χ1v) is 7.46. The van der Waals surface area contributed by atoms with Crippen LogP contribution in [0.4, 0.5) is 0 Å². The lowest BCUT2D eigenvalue weighted by Gasteiger charge is -2.12. The van der Waals surface area contributed by atoms with Gasteiger partial charge >= 0.3 is 0 Å². The standard InChI is InChI=1S/C16H22N2O2.ClH/c17-10-13-6-7-15(20-13)16(19)18-14-9-12(14)8-11-4-2-1-3-5-11;/h1-5,12-15H,6-10,17H2,(H,18,19);1H/t12?,13-,14?,15+;/m1./s1. The number of carbonyl (C=O) groups excluding carboxylic acids is 1. The first-order chi connectivity index (χ1) is 9.76. The Morgan fingerprint density at radius 3 is 2.71 bits per heavy atom. The predicted molar refractivity (Wildman–Crippen MR) is 84.4 cm³/mol. The predicted octanol–water partition coefficient (Wildman–Crippen LogP) is 1.66. The van der Waals surface area contributed by atoms with Crippen LogP contribution in [0.25, 0.3) is 0 Å². The third kappa shape index (κ3) is 4.19. The molecule has 4 nitrogen and oxygen atoms in total. The molecule has 1 aliphatic carbocycles. The van der Waals surface area contributed by atoms with Crippen molar-refractivity contribution in [3.63, 3.8) is 0 Å². The second-order valence-electron chi connectivity index (χ2n) is 5.86. The summed E-state index contributed by atoms with van der Waals surface area (Å²) in [4.78, 5) is 12.1. The number of nitrogens with one attached hydrogen (secondary N) is 1. The zero-order valence-electron chi connectivity index (χ0n) is 12.0. The van der Waals surface area contributed by atoms with Crippen LogP contribution in [0.5, 0.6) is 0 Å². The number of rotatable bonds is 5. The van der Waals surface area contributed by atoms with E-state index in [1.54, 1.807) is 0 Å². The van der Waals surface area contributed by atoms with Gasteiger partial charge in [0.1, 0.15) is 6.10 Å². The Balaban J connectivity index is 0.00000161. The molecule has 2 fully saturated rings. The zero-order chi connectivity index (χ0) is 13.9. The van der Waals surface area contributed by atoms with Gasteiger partial charge in [-0.2, -0.15) is 0 Å². The Labute approximate surface area is 131 Å². The summed E-state index contributed by atoms with van der Waals surface area (Å²) in [7, 11) is 0. The van der Waals surface area contributed by atoms with Crippen LogP contribution in [-0.2, 0) is 16.0 Å². The van der Waals surface area contributed by atoms with E-state index in [9.17, 15) is 4.79 Å². The summed E-state index contributed by atoms with van der Waals surface area (Å²) >= 11 is 0. The van der Waals surface area contributed by atoms with Crippen molar-refractivity contribution >= 4 is 18.3 Å². The van der Waals surface area contributed by atoms with Gasteiger partial charge in [-0.15, -0.1) is 12.4 Å². The number of benzene rings is 1. The third-order valence-electron chi connectivity index (χ3n) is 4.25. The topological polar surface area (TPSA) is 64.4 Å². The summed E-state index contributed by atoms with van der Waals surface area (Å²) in [6.07, 6.45) is 3.58. The molecule has 1 saturated heterocycles. The van der Waals surface area contributed by atoms with Crippen LogP contribution in [0.2, 0.25) is 0 Å². The lowest BCUT2D eigenvalue weighted by molar-refractivity contribution is -0.132. The van der Waals surface area contributed by atoms with Crippen LogP contribution in [0.3, 0.4) is 0 Å². The van der Waals surface area contributed by atoms with Gasteiger partial charge in [0.15, 0.2) is 0 Å². The highest BCUT2D eigenvalue weighted by Gasteiger charge is 2.40. The maximum absolute atomic E-state index is 12.1. The van der Waals surface area contributed by atoms with Crippen LogP contribution in [-0.4, -0.2) is 30.7 Å². The van der Waals surface area contributed by atoms with Crippen molar-refractivity contribution in [2.45, 2.75) is 43.9 Å². The molecule has 0 bridgehead atoms. The van der Waals surface area contributed by atoms with Crippen LogP contribution in [0.1, 0.15) is 24.8 Å². The number of carbonyl (C=O) groups is 1. The molecule has 0 spiro atoms. The molecule has 0 aromatic heterocycles. The summed E-state index contributed by atoms with van der Waals surface area (Å²) in [5.74, 6) is 0.620. The first-order valence-electron chi connectivity index (χ1n) is 7.46. The first kappa shape index (κ1) is 16.3. The maximum Gasteiger partial charge on any atom is 0.249 e. The molecule has 3 N–H and O–H groups in total. The summed E-state index contributed by atoms with van der Waals surface area (Å²) < 4.78 is 5.62. The fourth-order valence-electron chi connectivity index (χ4n) is 2.91. The largest absolute Gasteiger partial charge is 0.364 e. The number of hydrogen-bond acceptors (Lipinski definition) is 3. The quantitative estimate of drug-likeness (QED) is 0.869.